The Morgan fingerprint density at radius 2 is 2.17 bits per heavy atom. The lowest BCUT2D eigenvalue weighted by molar-refractivity contribution is -0.118. The average molecular weight is 247 g/mol. The fourth-order valence-corrected chi connectivity index (χ4v) is 2.09. The van der Waals surface area contributed by atoms with E-state index in [-0.39, 0.29) is 5.91 Å². The summed E-state index contributed by atoms with van der Waals surface area (Å²) in [6, 6.07) is 0. The van der Waals surface area contributed by atoms with Gasteiger partial charge in [-0.2, -0.15) is 0 Å². The van der Waals surface area contributed by atoms with Gasteiger partial charge in [0.05, 0.1) is 0 Å². The molecule has 1 amide bonds. The van der Waals surface area contributed by atoms with E-state index < -0.39 is 0 Å². The fraction of sp³-hybridized carbons (Fsp3) is 0.562. The van der Waals surface area contributed by atoms with E-state index >= 15 is 0 Å². The molecule has 1 aliphatic rings. The van der Waals surface area contributed by atoms with E-state index in [4.69, 9.17) is 0 Å². The first kappa shape index (κ1) is 14.7. The van der Waals surface area contributed by atoms with Crippen LogP contribution in [0.5, 0.6) is 0 Å². The van der Waals surface area contributed by atoms with Gasteiger partial charge in [0, 0.05) is 13.5 Å². The van der Waals surface area contributed by atoms with Crippen LogP contribution in [0.4, 0.5) is 0 Å². The molecule has 0 aromatic rings. The standard InChI is InChI=1S/C16H25NO/c1-3-4-5-9-15-11-8-12-16(15)10-6-7-13-17-14(2)18/h8,10-12H,3-7,9,13H2,1-2H3,(H,17,18). The molecular weight excluding hydrogens is 222 g/mol. The third-order valence-electron chi connectivity index (χ3n) is 3.11. The average Bonchev–Trinajstić information content (AvgIpc) is 2.76. The largest absolute Gasteiger partial charge is 0.356 e. The van der Waals surface area contributed by atoms with Crippen molar-refractivity contribution in [2.75, 3.05) is 6.54 Å². The first-order valence-corrected chi connectivity index (χ1v) is 7.06. The minimum atomic E-state index is 0.0589. The van der Waals surface area contributed by atoms with Crippen molar-refractivity contribution in [3.05, 3.63) is 35.5 Å². The molecular formula is C16H25NO. The van der Waals surface area contributed by atoms with Crippen molar-refractivity contribution in [2.24, 2.45) is 0 Å². The maximum atomic E-state index is 10.7. The summed E-state index contributed by atoms with van der Waals surface area (Å²) >= 11 is 0. The Morgan fingerprint density at radius 1 is 1.33 bits per heavy atom. The molecule has 0 fully saturated rings. The van der Waals surface area contributed by atoms with E-state index in [1.807, 2.05) is 0 Å². The normalized spacial score (nSPS) is 16.1. The summed E-state index contributed by atoms with van der Waals surface area (Å²) in [7, 11) is 0. The summed E-state index contributed by atoms with van der Waals surface area (Å²) in [6.45, 7) is 4.57. The highest BCUT2D eigenvalue weighted by Crippen LogP contribution is 2.24. The van der Waals surface area contributed by atoms with Crippen LogP contribution in [0.3, 0.4) is 0 Å². The second-order valence-corrected chi connectivity index (χ2v) is 4.79. The molecule has 1 N–H and O–H groups in total. The van der Waals surface area contributed by atoms with Gasteiger partial charge in [0.1, 0.15) is 0 Å². The molecule has 2 nitrogen and oxygen atoms in total. The van der Waals surface area contributed by atoms with Crippen molar-refractivity contribution in [2.45, 2.75) is 52.4 Å². The van der Waals surface area contributed by atoms with E-state index in [0.717, 1.165) is 19.4 Å². The molecule has 18 heavy (non-hydrogen) atoms. The Hall–Kier alpha value is -1.31. The number of unbranched alkanes of at least 4 members (excludes halogenated alkanes) is 3. The van der Waals surface area contributed by atoms with Crippen molar-refractivity contribution >= 4 is 5.91 Å². The third-order valence-corrected chi connectivity index (χ3v) is 3.11. The summed E-state index contributed by atoms with van der Waals surface area (Å²) in [5, 5.41) is 2.82. The second-order valence-electron chi connectivity index (χ2n) is 4.79. The Bertz CT molecular complexity index is 350. The molecule has 0 radical (unpaired) electrons. The minimum Gasteiger partial charge on any atom is -0.356 e. The van der Waals surface area contributed by atoms with Gasteiger partial charge < -0.3 is 5.32 Å². The molecule has 0 aromatic heterocycles. The van der Waals surface area contributed by atoms with Gasteiger partial charge in [0.15, 0.2) is 0 Å². The molecule has 100 valence electrons. The summed E-state index contributed by atoms with van der Waals surface area (Å²) in [6.07, 6.45) is 16.0. The number of hydrogen-bond donors (Lipinski definition) is 1. The molecule has 0 spiro atoms. The predicted octanol–water partition coefficient (Wildman–Crippen LogP) is 3.91. The molecule has 0 aliphatic heterocycles. The second kappa shape index (κ2) is 8.73. The van der Waals surface area contributed by atoms with Crippen molar-refractivity contribution in [3.8, 4) is 0 Å². The third kappa shape index (κ3) is 5.85. The lowest BCUT2D eigenvalue weighted by Gasteiger charge is -2.05. The zero-order valence-electron chi connectivity index (χ0n) is 11.7. The van der Waals surface area contributed by atoms with Crippen LogP contribution in [0.25, 0.3) is 0 Å². The number of nitrogens with one attached hydrogen (secondary N) is 1. The lowest BCUT2D eigenvalue weighted by atomic mass is 10.0. The molecule has 0 saturated heterocycles. The van der Waals surface area contributed by atoms with Gasteiger partial charge in [-0.3, -0.25) is 4.79 Å². The Morgan fingerprint density at radius 3 is 2.89 bits per heavy atom. The van der Waals surface area contributed by atoms with Crippen LogP contribution in [0.2, 0.25) is 0 Å². The topological polar surface area (TPSA) is 29.1 Å². The van der Waals surface area contributed by atoms with Crippen molar-refractivity contribution in [3.63, 3.8) is 0 Å². The molecule has 2 heteroatoms. The van der Waals surface area contributed by atoms with Crippen molar-refractivity contribution in [1.29, 1.82) is 0 Å². The van der Waals surface area contributed by atoms with E-state index in [0.29, 0.717) is 0 Å². The van der Waals surface area contributed by atoms with Gasteiger partial charge in [-0.15, -0.1) is 0 Å². The quantitative estimate of drug-likeness (QED) is 0.647. The summed E-state index contributed by atoms with van der Waals surface area (Å²) in [5.74, 6) is 0.0589. The predicted molar refractivity (Wildman–Crippen MR) is 77.4 cm³/mol. The van der Waals surface area contributed by atoms with Gasteiger partial charge in [-0.25, -0.2) is 0 Å². The molecule has 1 aliphatic carbocycles. The molecule has 0 atom stereocenters. The maximum absolute atomic E-state index is 10.7. The van der Waals surface area contributed by atoms with E-state index in [1.54, 1.807) is 6.92 Å². The van der Waals surface area contributed by atoms with Gasteiger partial charge in [-0.1, -0.05) is 44.1 Å². The molecule has 0 heterocycles. The first-order chi connectivity index (χ1) is 8.74. The smallest absolute Gasteiger partial charge is 0.216 e. The maximum Gasteiger partial charge on any atom is 0.216 e. The van der Waals surface area contributed by atoms with Crippen LogP contribution >= 0.6 is 0 Å². The Labute approximate surface area is 111 Å². The molecule has 0 saturated carbocycles. The van der Waals surface area contributed by atoms with Crippen LogP contribution in [-0.4, -0.2) is 12.5 Å². The first-order valence-electron chi connectivity index (χ1n) is 7.06. The molecule has 0 aromatic carbocycles. The van der Waals surface area contributed by atoms with Crippen molar-refractivity contribution < 1.29 is 4.79 Å². The summed E-state index contributed by atoms with van der Waals surface area (Å²) in [4.78, 5) is 10.7. The van der Waals surface area contributed by atoms with Gasteiger partial charge in [0.2, 0.25) is 5.91 Å². The summed E-state index contributed by atoms with van der Waals surface area (Å²) < 4.78 is 0. The molecule has 1 rings (SSSR count). The molecule has 0 bridgehead atoms. The van der Waals surface area contributed by atoms with Gasteiger partial charge in [-0.05, 0) is 36.8 Å². The summed E-state index contributed by atoms with van der Waals surface area (Å²) in [5.41, 5.74) is 2.86. The Balaban J connectivity index is 2.24. The molecule has 0 unspecified atom stereocenters. The number of hydrogen-bond acceptors (Lipinski definition) is 1. The zero-order chi connectivity index (χ0) is 13.2. The van der Waals surface area contributed by atoms with E-state index in [2.05, 4.69) is 36.5 Å². The number of rotatable bonds is 8. The highest BCUT2D eigenvalue weighted by molar-refractivity contribution is 5.72. The van der Waals surface area contributed by atoms with Crippen LogP contribution in [-0.2, 0) is 4.79 Å². The van der Waals surface area contributed by atoms with Gasteiger partial charge in [0.25, 0.3) is 0 Å². The zero-order valence-corrected chi connectivity index (χ0v) is 11.7. The highest BCUT2D eigenvalue weighted by Gasteiger charge is 2.05. The minimum absolute atomic E-state index is 0.0589. The SMILES string of the molecule is CCCCCC1=CC=CC1=CCCCNC(C)=O. The van der Waals surface area contributed by atoms with Crippen LogP contribution in [0.1, 0.15) is 52.4 Å². The number of carbonyl (C=O) groups is 1. The Kier molecular flexibility index (Phi) is 7.16. The fourth-order valence-electron chi connectivity index (χ4n) is 2.09. The van der Waals surface area contributed by atoms with Crippen LogP contribution < -0.4 is 5.32 Å². The number of allylic oxidation sites excluding steroid dienone is 6. The van der Waals surface area contributed by atoms with Gasteiger partial charge >= 0.3 is 0 Å². The van der Waals surface area contributed by atoms with Crippen LogP contribution in [0, 0.1) is 0 Å². The number of amides is 1. The number of carbonyl (C=O) groups excluding carboxylic acids is 1. The van der Waals surface area contributed by atoms with Crippen LogP contribution in [0.15, 0.2) is 35.5 Å². The highest BCUT2D eigenvalue weighted by atomic mass is 16.1. The van der Waals surface area contributed by atoms with E-state index in [9.17, 15) is 4.79 Å². The lowest BCUT2D eigenvalue weighted by Crippen LogP contribution is -2.20. The van der Waals surface area contributed by atoms with E-state index in [1.165, 1.54) is 36.8 Å². The monoisotopic (exact) mass is 247 g/mol. The van der Waals surface area contributed by atoms with Crippen molar-refractivity contribution in [1.82, 2.24) is 5.32 Å².